The van der Waals surface area contributed by atoms with E-state index in [1.165, 1.54) is 14.2 Å². The fraction of sp³-hybridized carbons (Fsp3) is 0.429. The molecule has 1 atom stereocenters. The minimum absolute atomic E-state index is 0.197. The largest absolute Gasteiger partial charge is 0.493 e. The minimum atomic E-state index is -0.991. The van der Waals surface area contributed by atoms with Gasteiger partial charge in [-0.05, 0) is 24.6 Å². The molecule has 1 N–H and O–H groups in total. The van der Waals surface area contributed by atoms with Crippen molar-refractivity contribution in [3.8, 4) is 11.5 Å². The van der Waals surface area contributed by atoms with E-state index in [1.54, 1.807) is 25.1 Å². The number of benzene rings is 1. The van der Waals surface area contributed by atoms with Crippen LogP contribution in [-0.4, -0.2) is 43.6 Å². The molecule has 6 nitrogen and oxygen atoms in total. The van der Waals surface area contributed by atoms with Crippen molar-refractivity contribution < 1.29 is 28.9 Å². The molecular formula is C14H18O6S. The van der Waals surface area contributed by atoms with Crippen LogP contribution in [0, 0.1) is 0 Å². The molecule has 1 aromatic carbocycles. The molecular weight excluding hydrogens is 296 g/mol. The second kappa shape index (κ2) is 8.41. The monoisotopic (exact) mass is 314 g/mol. The van der Waals surface area contributed by atoms with Crippen molar-refractivity contribution in [3.63, 3.8) is 0 Å². The Bertz CT molecular complexity index is 502. The highest BCUT2D eigenvalue weighted by Gasteiger charge is 2.24. The number of carboxylic acid groups (broad SMARTS) is 1. The summed E-state index contributed by atoms with van der Waals surface area (Å²) in [6.07, 6.45) is 0. The predicted octanol–water partition coefficient (Wildman–Crippen LogP) is 2.13. The molecule has 0 radical (unpaired) electrons. The third-order valence-corrected chi connectivity index (χ3v) is 3.80. The number of thioether (sulfide) groups is 1. The summed E-state index contributed by atoms with van der Waals surface area (Å²) in [6.45, 7) is 1.93. The number of ether oxygens (including phenoxy) is 3. The lowest BCUT2D eigenvalue weighted by molar-refractivity contribution is -0.142. The Morgan fingerprint density at radius 3 is 2.43 bits per heavy atom. The molecule has 0 aliphatic rings. The van der Waals surface area contributed by atoms with Gasteiger partial charge in [-0.25, -0.2) is 0 Å². The Morgan fingerprint density at radius 2 is 1.90 bits per heavy atom. The lowest BCUT2D eigenvalue weighted by atomic mass is 10.1. The zero-order valence-electron chi connectivity index (χ0n) is 12.1. The van der Waals surface area contributed by atoms with Crippen LogP contribution in [0.15, 0.2) is 18.2 Å². The normalized spacial score (nSPS) is 11.6. The van der Waals surface area contributed by atoms with Crippen LogP contribution in [0.1, 0.15) is 17.7 Å². The van der Waals surface area contributed by atoms with Crippen LogP contribution in [-0.2, 0) is 14.3 Å². The maximum Gasteiger partial charge on any atom is 0.323 e. The van der Waals surface area contributed by atoms with Gasteiger partial charge in [-0.1, -0.05) is 6.07 Å². The smallest absolute Gasteiger partial charge is 0.323 e. The highest BCUT2D eigenvalue weighted by atomic mass is 32.2. The quantitative estimate of drug-likeness (QED) is 0.736. The van der Waals surface area contributed by atoms with Crippen LogP contribution in [0.2, 0.25) is 0 Å². The summed E-state index contributed by atoms with van der Waals surface area (Å²) in [5.41, 5.74) is 0.609. The van der Waals surface area contributed by atoms with Crippen molar-refractivity contribution in [2.45, 2.75) is 12.2 Å². The van der Waals surface area contributed by atoms with Gasteiger partial charge in [-0.3, -0.25) is 9.59 Å². The summed E-state index contributed by atoms with van der Waals surface area (Å²) >= 11 is 0.993. The number of hydrogen-bond acceptors (Lipinski definition) is 6. The number of carboxylic acids is 1. The van der Waals surface area contributed by atoms with Crippen LogP contribution in [0.3, 0.4) is 0 Å². The molecule has 0 fully saturated rings. The first-order valence-corrected chi connectivity index (χ1v) is 7.30. The van der Waals surface area contributed by atoms with Gasteiger partial charge < -0.3 is 19.3 Å². The fourth-order valence-electron chi connectivity index (χ4n) is 1.69. The third kappa shape index (κ3) is 4.86. The second-order valence-electron chi connectivity index (χ2n) is 3.95. The van der Waals surface area contributed by atoms with Crippen molar-refractivity contribution in [2.75, 3.05) is 26.6 Å². The highest BCUT2D eigenvalue weighted by molar-refractivity contribution is 8.00. The first kappa shape index (κ1) is 17.2. The topological polar surface area (TPSA) is 82.1 Å². The average Bonchev–Trinajstić information content (AvgIpc) is 2.47. The fourth-order valence-corrected chi connectivity index (χ4v) is 2.54. The molecule has 0 amide bonds. The number of methoxy groups -OCH3 is 2. The molecule has 1 unspecified atom stereocenters. The molecule has 0 saturated carbocycles. The van der Waals surface area contributed by atoms with E-state index in [1.807, 2.05) is 0 Å². The Balaban J connectivity index is 3.06. The summed E-state index contributed by atoms with van der Waals surface area (Å²) < 4.78 is 15.3. The van der Waals surface area contributed by atoms with E-state index in [2.05, 4.69) is 0 Å². The number of esters is 1. The maximum absolute atomic E-state index is 12.0. The van der Waals surface area contributed by atoms with Gasteiger partial charge in [0.1, 0.15) is 5.25 Å². The SMILES string of the molecule is CCOC(=O)C(SCC(=O)O)c1ccc(OC)c(OC)c1. The van der Waals surface area contributed by atoms with Gasteiger partial charge in [0.15, 0.2) is 11.5 Å². The lowest BCUT2D eigenvalue weighted by Gasteiger charge is -2.16. The zero-order chi connectivity index (χ0) is 15.8. The highest BCUT2D eigenvalue weighted by Crippen LogP contribution is 2.36. The van der Waals surface area contributed by atoms with E-state index in [4.69, 9.17) is 19.3 Å². The summed E-state index contributed by atoms with van der Waals surface area (Å²) in [5.74, 6) is -0.657. The van der Waals surface area contributed by atoms with Gasteiger partial charge in [0.2, 0.25) is 0 Å². The molecule has 116 valence electrons. The zero-order valence-corrected chi connectivity index (χ0v) is 12.9. The summed E-state index contributed by atoms with van der Waals surface area (Å²) in [5, 5.41) is 8.06. The van der Waals surface area contributed by atoms with Gasteiger partial charge in [-0.15, -0.1) is 11.8 Å². The number of aliphatic carboxylic acids is 1. The predicted molar refractivity (Wildman–Crippen MR) is 79.0 cm³/mol. The Hall–Kier alpha value is -1.89. The van der Waals surface area contributed by atoms with Gasteiger partial charge >= 0.3 is 11.9 Å². The Morgan fingerprint density at radius 1 is 1.24 bits per heavy atom. The molecule has 0 saturated heterocycles. The Labute approximate surface area is 127 Å². The van der Waals surface area contributed by atoms with E-state index in [0.717, 1.165) is 11.8 Å². The maximum atomic E-state index is 12.0. The van der Waals surface area contributed by atoms with Crippen LogP contribution in [0.5, 0.6) is 11.5 Å². The first-order chi connectivity index (χ1) is 10.0. The van der Waals surface area contributed by atoms with Crippen molar-refractivity contribution in [2.24, 2.45) is 0 Å². The van der Waals surface area contributed by atoms with E-state index in [0.29, 0.717) is 17.1 Å². The molecule has 1 rings (SSSR count). The standard InChI is InChI=1S/C14H18O6S/c1-4-20-14(17)13(21-8-12(15)16)9-5-6-10(18-2)11(7-9)19-3/h5-7,13H,4,8H2,1-3H3,(H,15,16). The van der Waals surface area contributed by atoms with Crippen LogP contribution >= 0.6 is 11.8 Å². The van der Waals surface area contributed by atoms with Gasteiger partial charge in [-0.2, -0.15) is 0 Å². The molecule has 0 aliphatic heterocycles. The van der Waals surface area contributed by atoms with Crippen molar-refractivity contribution in [3.05, 3.63) is 23.8 Å². The van der Waals surface area contributed by atoms with E-state index < -0.39 is 17.2 Å². The molecule has 0 aliphatic carbocycles. The van der Waals surface area contributed by atoms with Crippen molar-refractivity contribution in [1.82, 2.24) is 0 Å². The molecule has 0 spiro atoms. The molecule has 7 heteroatoms. The van der Waals surface area contributed by atoms with E-state index >= 15 is 0 Å². The van der Waals surface area contributed by atoms with Gasteiger partial charge in [0.05, 0.1) is 26.6 Å². The van der Waals surface area contributed by atoms with Gasteiger partial charge in [0, 0.05) is 0 Å². The summed E-state index contributed by atoms with van der Waals surface area (Å²) in [4.78, 5) is 22.7. The van der Waals surface area contributed by atoms with Crippen molar-refractivity contribution in [1.29, 1.82) is 0 Å². The van der Waals surface area contributed by atoms with Crippen LogP contribution < -0.4 is 9.47 Å². The molecule has 21 heavy (non-hydrogen) atoms. The Kier molecular flexibility index (Phi) is 6.87. The van der Waals surface area contributed by atoms with E-state index in [-0.39, 0.29) is 12.4 Å². The number of carbonyl (C=O) groups is 2. The third-order valence-electron chi connectivity index (χ3n) is 2.58. The molecule has 0 heterocycles. The van der Waals surface area contributed by atoms with E-state index in [9.17, 15) is 9.59 Å². The van der Waals surface area contributed by atoms with Crippen LogP contribution in [0.4, 0.5) is 0 Å². The first-order valence-electron chi connectivity index (χ1n) is 6.25. The minimum Gasteiger partial charge on any atom is -0.493 e. The van der Waals surface area contributed by atoms with Crippen molar-refractivity contribution >= 4 is 23.7 Å². The second-order valence-corrected chi connectivity index (χ2v) is 5.04. The number of rotatable bonds is 8. The molecule has 0 bridgehead atoms. The number of carbonyl (C=O) groups excluding carboxylic acids is 1. The number of hydrogen-bond donors (Lipinski definition) is 1. The molecule has 1 aromatic rings. The summed E-state index contributed by atoms with van der Waals surface area (Å²) in [6, 6.07) is 5.01. The average molecular weight is 314 g/mol. The summed E-state index contributed by atoms with van der Waals surface area (Å²) in [7, 11) is 3.00. The lowest BCUT2D eigenvalue weighted by Crippen LogP contribution is -2.15. The molecule has 0 aromatic heterocycles. The van der Waals surface area contributed by atoms with Crippen LogP contribution in [0.25, 0.3) is 0 Å². The van der Waals surface area contributed by atoms with Gasteiger partial charge in [0.25, 0.3) is 0 Å².